The van der Waals surface area contributed by atoms with Crippen LogP contribution < -0.4 is 11.2 Å². The first-order valence-electron chi connectivity index (χ1n) is 9.83. The zero-order chi connectivity index (χ0) is 22.8. The van der Waals surface area contributed by atoms with E-state index in [9.17, 15) is 14.4 Å². The summed E-state index contributed by atoms with van der Waals surface area (Å²) < 4.78 is 6.41. The number of benzene rings is 2. The number of rotatable bonds is 5. The number of esters is 1. The summed E-state index contributed by atoms with van der Waals surface area (Å²) in [5.74, 6) is -0.102. The lowest BCUT2D eigenvalue weighted by Gasteiger charge is -2.08. The molecule has 2 aromatic carbocycles. The number of para-hydroxylation sites is 1. The van der Waals surface area contributed by atoms with Gasteiger partial charge in [0.15, 0.2) is 10.8 Å². The van der Waals surface area contributed by atoms with Crippen LogP contribution >= 0.6 is 11.3 Å². The van der Waals surface area contributed by atoms with E-state index < -0.39 is 17.2 Å². The minimum absolute atomic E-state index is 0.0354. The second-order valence-corrected chi connectivity index (χ2v) is 7.82. The van der Waals surface area contributed by atoms with Gasteiger partial charge in [-0.05, 0) is 36.4 Å². The van der Waals surface area contributed by atoms with Gasteiger partial charge >= 0.3 is 11.7 Å². The Labute approximate surface area is 190 Å². The number of aromatic nitrogens is 5. The SMILES string of the molecule is O=C(OCc1csc(-c2ncccn2)n1)c1ccc2c(=O)n(-c3ccccc3)c(=O)[nH]c2c1. The van der Waals surface area contributed by atoms with Gasteiger partial charge in [0.1, 0.15) is 6.61 Å². The van der Waals surface area contributed by atoms with Gasteiger partial charge in [-0.25, -0.2) is 29.1 Å². The van der Waals surface area contributed by atoms with E-state index in [0.717, 1.165) is 4.57 Å². The summed E-state index contributed by atoms with van der Waals surface area (Å²) in [5, 5.41) is 2.67. The molecule has 0 unspecified atom stereocenters. The van der Waals surface area contributed by atoms with Gasteiger partial charge in [-0.3, -0.25) is 4.79 Å². The summed E-state index contributed by atoms with van der Waals surface area (Å²) in [6, 6.07) is 14.7. The first kappa shape index (κ1) is 20.5. The minimum atomic E-state index is -0.601. The van der Waals surface area contributed by atoms with Crippen molar-refractivity contribution in [3.05, 3.63) is 104 Å². The molecule has 0 atom stereocenters. The molecule has 0 aliphatic carbocycles. The van der Waals surface area contributed by atoms with E-state index in [1.165, 1.54) is 29.5 Å². The van der Waals surface area contributed by atoms with Crippen LogP contribution in [-0.4, -0.2) is 30.5 Å². The zero-order valence-corrected chi connectivity index (χ0v) is 17.8. The summed E-state index contributed by atoms with van der Waals surface area (Å²) in [6.45, 7) is -0.0354. The number of nitrogens with one attached hydrogen (secondary N) is 1. The lowest BCUT2D eigenvalue weighted by atomic mass is 10.1. The number of H-pyrrole nitrogens is 1. The first-order chi connectivity index (χ1) is 16.1. The van der Waals surface area contributed by atoms with E-state index in [-0.39, 0.29) is 23.1 Å². The highest BCUT2D eigenvalue weighted by Crippen LogP contribution is 2.20. The van der Waals surface area contributed by atoms with Crippen molar-refractivity contribution in [2.24, 2.45) is 0 Å². The van der Waals surface area contributed by atoms with E-state index in [2.05, 4.69) is 19.9 Å². The highest BCUT2D eigenvalue weighted by atomic mass is 32.1. The first-order valence-corrected chi connectivity index (χ1v) is 10.7. The monoisotopic (exact) mass is 457 g/mol. The smallest absolute Gasteiger partial charge is 0.338 e. The predicted octanol–water partition coefficient (Wildman–Crippen LogP) is 2.95. The predicted molar refractivity (Wildman–Crippen MR) is 122 cm³/mol. The average molecular weight is 457 g/mol. The largest absolute Gasteiger partial charge is 0.456 e. The minimum Gasteiger partial charge on any atom is -0.456 e. The normalized spacial score (nSPS) is 10.9. The number of hydrogen-bond acceptors (Lipinski definition) is 8. The van der Waals surface area contributed by atoms with Gasteiger partial charge in [-0.1, -0.05) is 18.2 Å². The molecule has 9 nitrogen and oxygen atoms in total. The summed E-state index contributed by atoms with van der Waals surface area (Å²) in [4.78, 5) is 53.3. The van der Waals surface area contributed by atoms with E-state index in [1.807, 2.05) is 0 Å². The molecule has 0 aliphatic rings. The van der Waals surface area contributed by atoms with Gasteiger partial charge in [0, 0.05) is 17.8 Å². The molecular formula is C23H15N5O4S. The van der Waals surface area contributed by atoms with Crippen LogP contribution in [0.2, 0.25) is 0 Å². The van der Waals surface area contributed by atoms with Crippen molar-refractivity contribution in [2.45, 2.75) is 6.61 Å². The van der Waals surface area contributed by atoms with Gasteiger partial charge < -0.3 is 9.72 Å². The Kier molecular flexibility index (Phi) is 5.33. The lowest BCUT2D eigenvalue weighted by Crippen LogP contribution is -2.33. The van der Waals surface area contributed by atoms with Crippen molar-refractivity contribution in [3.8, 4) is 16.5 Å². The van der Waals surface area contributed by atoms with Crippen LogP contribution in [0.4, 0.5) is 0 Å². The average Bonchev–Trinajstić information content (AvgIpc) is 3.32. The van der Waals surface area contributed by atoms with E-state index in [1.54, 1.807) is 54.2 Å². The molecule has 5 aromatic rings. The van der Waals surface area contributed by atoms with Crippen molar-refractivity contribution in [1.82, 2.24) is 24.5 Å². The van der Waals surface area contributed by atoms with Gasteiger partial charge in [-0.2, -0.15) is 0 Å². The maximum absolute atomic E-state index is 12.9. The van der Waals surface area contributed by atoms with E-state index >= 15 is 0 Å². The topological polar surface area (TPSA) is 120 Å². The second-order valence-electron chi connectivity index (χ2n) is 6.96. The molecule has 0 aliphatic heterocycles. The quantitative estimate of drug-likeness (QED) is 0.403. The third-order valence-electron chi connectivity index (χ3n) is 4.81. The highest BCUT2D eigenvalue weighted by molar-refractivity contribution is 7.13. The maximum Gasteiger partial charge on any atom is 0.338 e. The fourth-order valence-electron chi connectivity index (χ4n) is 3.26. The molecular weight excluding hydrogens is 442 g/mol. The number of aromatic amines is 1. The molecule has 162 valence electrons. The Balaban J connectivity index is 1.37. The molecule has 0 radical (unpaired) electrons. The number of carbonyl (C=O) groups excluding carboxylic acids is 1. The van der Waals surface area contributed by atoms with Crippen molar-refractivity contribution in [3.63, 3.8) is 0 Å². The van der Waals surface area contributed by atoms with E-state index in [4.69, 9.17) is 4.74 Å². The summed E-state index contributed by atoms with van der Waals surface area (Å²) in [5.41, 5.74) is 0.412. The molecule has 0 saturated carbocycles. The molecule has 0 fully saturated rings. The Morgan fingerprint density at radius 2 is 1.82 bits per heavy atom. The number of carbonyl (C=O) groups is 1. The third-order valence-corrected chi connectivity index (χ3v) is 5.69. The summed E-state index contributed by atoms with van der Waals surface area (Å²) in [6.07, 6.45) is 3.25. The van der Waals surface area contributed by atoms with Crippen LogP contribution in [0.25, 0.3) is 27.4 Å². The van der Waals surface area contributed by atoms with Crippen molar-refractivity contribution >= 4 is 28.2 Å². The summed E-state index contributed by atoms with van der Waals surface area (Å²) >= 11 is 1.35. The van der Waals surface area contributed by atoms with Gasteiger partial charge in [-0.15, -0.1) is 11.3 Å². The second kappa shape index (κ2) is 8.60. The van der Waals surface area contributed by atoms with Crippen LogP contribution in [0.1, 0.15) is 16.1 Å². The van der Waals surface area contributed by atoms with Crippen molar-refractivity contribution in [2.75, 3.05) is 0 Å². The van der Waals surface area contributed by atoms with Crippen LogP contribution in [0.3, 0.4) is 0 Å². The standard InChI is InChI=1S/C23H15N5O4S/c29-21-17-8-7-14(11-18(17)27-23(31)28(21)16-5-2-1-3-6-16)22(30)32-12-15-13-33-20(26-15)19-24-9-4-10-25-19/h1-11,13H,12H2,(H,27,31). The van der Waals surface area contributed by atoms with Crippen LogP contribution in [-0.2, 0) is 11.3 Å². The number of thiazole rings is 1. The molecule has 1 N–H and O–H groups in total. The van der Waals surface area contributed by atoms with Crippen molar-refractivity contribution in [1.29, 1.82) is 0 Å². The number of hydrogen-bond donors (Lipinski definition) is 1. The highest BCUT2D eigenvalue weighted by Gasteiger charge is 2.14. The zero-order valence-electron chi connectivity index (χ0n) is 17.0. The molecule has 0 saturated heterocycles. The van der Waals surface area contributed by atoms with Crippen LogP contribution in [0, 0.1) is 0 Å². The fraction of sp³-hybridized carbons (Fsp3) is 0.0435. The Bertz CT molecular complexity index is 1580. The molecule has 5 rings (SSSR count). The molecule has 0 bridgehead atoms. The Hall–Kier alpha value is -4.44. The molecule has 3 aromatic heterocycles. The number of fused-ring (bicyclic) bond motifs is 1. The van der Waals surface area contributed by atoms with E-state index in [0.29, 0.717) is 22.2 Å². The van der Waals surface area contributed by atoms with Gasteiger partial charge in [0.25, 0.3) is 5.56 Å². The van der Waals surface area contributed by atoms with Crippen molar-refractivity contribution < 1.29 is 9.53 Å². The van der Waals surface area contributed by atoms with Gasteiger partial charge in [0.05, 0.1) is 27.8 Å². The number of ether oxygens (including phenoxy) is 1. The van der Waals surface area contributed by atoms with Crippen LogP contribution in [0.15, 0.2) is 82.0 Å². The molecule has 0 spiro atoms. The Morgan fingerprint density at radius 1 is 1.03 bits per heavy atom. The molecule has 0 amide bonds. The molecule has 33 heavy (non-hydrogen) atoms. The molecule has 3 heterocycles. The molecule has 10 heteroatoms. The third kappa shape index (κ3) is 4.06. The van der Waals surface area contributed by atoms with Gasteiger partial charge in [0.2, 0.25) is 0 Å². The Morgan fingerprint density at radius 3 is 2.61 bits per heavy atom. The van der Waals surface area contributed by atoms with Crippen LogP contribution in [0.5, 0.6) is 0 Å². The maximum atomic E-state index is 12.9. The fourth-order valence-corrected chi connectivity index (χ4v) is 4.01. The number of nitrogens with zero attached hydrogens (tertiary/aromatic N) is 4. The lowest BCUT2D eigenvalue weighted by molar-refractivity contribution is 0.0468. The summed E-state index contributed by atoms with van der Waals surface area (Å²) in [7, 11) is 0.